The fourth-order valence-corrected chi connectivity index (χ4v) is 4.56. The number of rotatable bonds is 6. The molecular formula is C26H24ClN3O2. The molecule has 6 heteroatoms. The van der Waals surface area contributed by atoms with Crippen molar-refractivity contribution in [1.82, 2.24) is 9.55 Å². The Morgan fingerprint density at radius 1 is 1.06 bits per heavy atom. The van der Waals surface area contributed by atoms with Gasteiger partial charge in [-0.3, -0.25) is 4.79 Å². The van der Waals surface area contributed by atoms with Crippen LogP contribution in [0.3, 0.4) is 0 Å². The summed E-state index contributed by atoms with van der Waals surface area (Å²) in [4.78, 5) is 19.6. The summed E-state index contributed by atoms with van der Waals surface area (Å²) >= 11 is 6.15. The van der Waals surface area contributed by atoms with Crippen molar-refractivity contribution in [1.29, 1.82) is 0 Å². The van der Waals surface area contributed by atoms with Gasteiger partial charge in [0.2, 0.25) is 5.91 Å². The zero-order chi connectivity index (χ0) is 22.1. The summed E-state index contributed by atoms with van der Waals surface area (Å²) in [5, 5.41) is 0.624. The second kappa shape index (κ2) is 8.67. The first-order chi connectivity index (χ1) is 15.6. The van der Waals surface area contributed by atoms with E-state index in [1.807, 2.05) is 65.6 Å². The number of carbonyl (C=O) groups excluding carboxylic acids is 1. The largest absolute Gasteiger partial charge is 0.492 e. The molecule has 1 fully saturated rings. The lowest BCUT2D eigenvalue weighted by molar-refractivity contribution is -0.117. The number of ether oxygens (including phenoxy) is 1. The van der Waals surface area contributed by atoms with Gasteiger partial charge in [0, 0.05) is 29.6 Å². The molecule has 32 heavy (non-hydrogen) atoms. The Labute approximate surface area is 192 Å². The van der Waals surface area contributed by atoms with Gasteiger partial charge in [-0.15, -0.1) is 0 Å². The van der Waals surface area contributed by atoms with Crippen molar-refractivity contribution in [3.8, 4) is 5.75 Å². The van der Waals surface area contributed by atoms with E-state index in [-0.39, 0.29) is 11.8 Å². The summed E-state index contributed by atoms with van der Waals surface area (Å²) in [6.45, 7) is 3.82. The van der Waals surface area contributed by atoms with E-state index in [0.29, 0.717) is 31.1 Å². The van der Waals surface area contributed by atoms with E-state index in [2.05, 4.69) is 23.6 Å². The predicted octanol–water partition coefficient (Wildman–Crippen LogP) is 5.60. The van der Waals surface area contributed by atoms with Crippen LogP contribution >= 0.6 is 11.6 Å². The summed E-state index contributed by atoms with van der Waals surface area (Å²) < 4.78 is 8.21. The van der Waals surface area contributed by atoms with Crippen LogP contribution in [0.15, 0.2) is 72.8 Å². The standard InChI is InChI=1S/C26H24ClN3O2/c1-18-6-4-9-22(14-18)32-13-12-29-24-11-3-2-10-23(24)28-26(29)19-15-25(31)30(17-19)21-8-5-7-20(27)16-21/h2-11,14,16,19H,12-13,15,17H2,1H3/t19-/m1/s1. The molecule has 0 N–H and O–H groups in total. The van der Waals surface area contributed by atoms with Crippen molar-refractivity contribution < 1.29 is 9.53 Å². The van der Waals surface area contributed by atoms with Gasteiger partial charge in [0.25, 0.3) is 0 Å². The van der Waals surface area contributed by atoms with Gasteiger partial charge in [0.1, 0.15) is 18.2 Å². The van der Waals surface area contributed by atoms with E-state index in [4.69, 9.17) is 21.3 Å². The van der Waals surface area contributed by atoms with Crippen LogP contribution in [0.1, 0.15) is 23.7 Å². The summed E-state index contributed by atoms with van der Waals surface area (Å²) in [7, 11) is 0. The van der Waals surface area contributed by atoms with Crippen LogP contribution in [0.4, 0.5) is 5.69 Å². The maximum absolute atomic E-state index is 12.8. The zero-order valence-corrected chi connectivity index (χ0v) is 18.6. The molecule has 1 aliphatic heterocycles. The van der Waals surface area contributed by atoms with Gasteiger partial charge in [-0.1, -0.05) is 41.9 Å². The summed E-state index contributed by atoms with van der Waals surface area (Å²) in [6, 6.07) is 23.6. The number of para-hydroxylation sites is 2. The Bertz CT molecular complexity index is 1280. The number of anilines is 1. The molecule has 1 aromatic heterocycles. The number of aromatic nitrogens is 2. The molecule has 0 aliphatic carbocycles. The highest BCUT2D eigenvalue weighted by Gasteiger charge is 2.34. The number of benzene rings is 3. The third kappa shape index (κ3) is 4.08. The van der Waals surface area contributed by atoms with Crippen LogP contribution in [0.2, 0.25) is 5.02 Å². The predicted molar refractivity (Wildman–Crippen MR) is 128 cm³/mol. The maximum Gasteiger partial charge on any atom is 0.227 e. The lowest BCUT2D eigenvalue weighted by Gasteiger charge is -2.18. The Kier molecular flexibility index (Phi) is 5.58. The van der Waals surface area contributed by atoms with Crippen LogP contribution in [0, 0.1) is 6.92 Å². The molecule has 0 unspecified atom stereocenters. The average Bonchev–Trinajstić information content (AvgIpc) is 3.34. The number of aryl methyl sites for hydroxylation is 1. The van der Waals surface area contributed by atoms with Crippen molar-refractivity contribution in [2.45, 2.75) is 25.8 Å². The number of hydrogen-bond acceptors (Lipinski definition) is 3. The molecule has 0 radical (unpaired) electrons. The van der Waals surface area contributed by atoms with Gasteiger partial charge in [-0.05, 0) is 55.0 Å². The van der Waals surface area contributed by atoms with Crippen LogP contribution in [-0.2, 0) is 11.3 Å². The molecule has 5 nitrogen and oxygen atoms in total. The van der Waals surface area contributed by atoms with E-state index >= 15 is 0 Å². The minimum absolute atomic E-state index is 0.00727. The molecule has 0 spiro atoms. The van der Waals surface area contributed by atoms with Crippen molar-refractivity contribution in [3.05, 3.63) is 89.2 Å². The van der Waals surface area contributed by atoms with Gasteiger partial charge >= 0.3 is 0 Å². The van der Waals surface area contributed by atoms with Crippen molar-refractivity contribution in [3.63, 3.8) is 0 Å². The summed E-state index contributed by atoms with van der Waals surface area (Å²) in [5.74, 6) is 1.89. The van der Waals surface area contributed by atoms with E-state index in [1.165, 1.54) is 5.56 Å². The molecular weight excluding hydrogens is 422 g/mol. The van der Waals surface area contributed by atoms with Crippen LogP contribution in [-0.4, -0.2) is 28.6 Å². The third-order valence-electron chi connectivity index (χ3n) is 5.87. The Morgan fingerprint density at radius 2 is 1.91 bits per heavy atom. The SMILES string of the molecule is Cc1cccc(OCCn2c([C@@H]3CC(=O)N(c4cccc(Cl)c4)C3)nc3ccccc32)c1. The minimum Gasteiger partial charge on any atom is -0.492 e. The fraction of sp³-hybridized carbons (Fsp3) is 0.231. The van der Waals surface area contributed by atoms with Gasteiger partial charge in [0.15, 0.2) is 0 Å². The van der Waals surface area contributed by atoms with E-state index < -0.39 is 0 Å². The topological polar surface area (TPSA) is 47.4 Å². The lowest BCUT2D eigenvalue weighted by atomic mass is 10.1. The molecule has 162 valence electrons. The molecule has 1 aliphatic rings. The van der Waals surface area contributed by atoms with Crippen LogP contribution in [0.5, 0.6) is 5.75 Å². The molecule has 4 aromatic rings. The quantitative estimate of drug-likeness (QED) is 0.388. The molecule has 3 aromatic carbocycles. The van der Waals surface area contributed by atoms with Gasteiger partial charge < -0.3 is 14.2 Å². The smallest absolute Gasteiger partial charge is 0.227 e. The first-order valence-corrected chi connectivity index (χ1v) is 11.2. The first-order valence-electron chi connectivity index (χ1n) is 10.8. The van der Waals surface area contributed by atoms with Gasteiger partial charge in [-0.2, -0.15) is 0 Å². The Morgan fingerprint density at radius 3 is 2.75 bits per heavy atom. The second-order valence-electron chi connectivity index (χ2n) is 8.16. The summed E-state index contributed by atoms with van der Waals surface area (Å²) in [6.07, 6.45) is 0.425. The Balaban J connectivity index is 1.41. The molecule has 5 rings (SSSR count). The van der Waals surface area contributed by atoms with Gasteiger partial charge in [0.05, 0.1) is 17.6 Å². The normalized spacial score (nSPS) is 16.1. The van der Waals surface area contributed by atoms with E-state index in [1.54, 1.807) is 0 Å². The van der Waals surface area contributed by atoms with E-state index in [9.17, 15) is 4.79 Å². The highest BCUT2D eigenvalue weighted by Crippen LogP contribution is 2.34. The molecule has 0 saturated carbocycles. The summed E-state index contributed by atoms with van der Waals surface area (Å²) in [5.41, 5.74) is 3.99. The van der Waals surface area contributed by atoms with Crippen LogP contribution < -0.4 is 9.64 Å². The average molecular weight is 446 g/mol. The number of halogens is 1. The number of nitrogens with zero attached hydrogens (tertiary/aromatic N) is 3. The van der Waals surface area contributed by atoms with Crippen molar-refractivity contribution in [2.24, 2.45) is 0 Å². The first kappa shape index (κ1) is 20.6. The van der Waals surface area contributed by atoms with Gasteiger partial charge in [-0.25, -0.2) is 4.98 Å². The second-order valence-corrected chi connectivity index (χ2v) is 8.60. The highest BCUT2D eigenvalue weighted by molar-refractivity contribution is 6.30. The molecule has 1 atom stereocenters. The van der Waals surface area contributed by atoms with Crippen molar-refractivity contribution in [2.75, 3.05) is 18.1 Å². The Hall–Kier alpha value is -3.31. The van der Waals surface area contributed by atoms with Crippen LogP contribution in [0.25, 0.3) is 11.0 Å². The van der Waals surface area contributed by atoms with E-state index in [0.717, 1.165) is 28.3 Å². The highest BCUT2D eigenvalue weighted by atomic mass is 35.5. The molecule has 2 heterocycles. The third-order valence-corrected chi connectivity index (χ3v) is 6.10. The fourth-order valence-electron chi connectivity index (χ4n) is 4.37. The number of fused-ring (bicyclic) bond motifs is 1. The minimum atomic E-state index is 0.00727. The zero-order valence-electron chi connectivity index (χ0n) is 17.9. The number of amides is 1. The number of hydrogen-bond donors (Lipinski definition) is 0. The van der Waals surface area contributed by atoms with Crippen molar-refractivity contribution >= 4 is 34.2 Å². The maximum atomic E-state index is 12.8. The monoisotopic (exact) mass is 445 g/mol. The molecule has 1 saturated heterocycles. The lowest BCUT2D eigenvalue weighted by Crippen LogP contribution is -2.24. The number of carbonyl (C=O) groups is 1. The number of imidazole rings is 1. The molecule has 1 amide bonds. The molecule has 0 bridgehead atoms.